The number of amides is 2. The number of fused-ring (bicyclic) bond motifs is 2. The number of carbonyl (C=O) groups excluding carboxylic acids is 1. The van der Waals surface area contributed by atoms with Crippen molar-refractivity contribution in [3.8, 4) is 0 Å². The zero-order valence-electron chi connectivity index (χ0n) is 18.4. The summed E-state index contributed by atoms with van der Waals surface area (Å²) in [7, 11) is 0. The standard InChI is InChI=1S/C22H24ClF3N6O2/c1-11(12-2-15(22(24,25)26)4-16(27)3-12)28-19-17-7-32(8-18(17)29-20(23)30-19)21(33)31-5-13-9-34-10-14(13)6-31/h2-4,11,13-14H,5-10,27H2,1H3,(H,28,29,30)/t11-,13-,14+/m1/s1. The molecule has 2 amide bonds. The van der Waals surface area contributed by atoms with Gasteiger partial charge in [-0.15, -0.1) is 0 Å². The van der Waals surface area contributed by atoms with E-state index in [0.717, 1.165) is 12.1 Å². The van der Waals surface area contributed by atoms with Crippen molar-refractivity contribution in [2.45, 2.75) is 32.2 Å². The molecule has 2 saturated heterocycles. The largest absolute Gasteiger partial charge is 0.416 e. The number of ether oxygens (including phenoxy) is 1. The molecule has 2 fully saturated rings. The zero-order valence-corrected chi connectivity index (χ0v) is 19.2. The van der Waals surface area contributed by atoms with Crippen molar-refractivity contribution in [2.24, 2.45) is 11.8 Å². The second-order valence-corrected chi connectivity index (χ2v) is 9.46. The number of nitrogens with one attached hydrogen (secondary N) is 1. The number of alkyl halides is 3. The number of carbonyl (C=O) groups is 1. The van der Waals surface area contributed by atoms with Gasteiger partial charge < -0.3 is 25.6 Å². The van der Waals surface area contributed by atoms with Crippen LogP contribution in [0.1, 0.15) is 35.3 Å². The lowest BCUT2D eigenvalue weighted by Gasteiger charge is -2.24. The molecule has 3 aliphatic rings. The van der Waals surface area contributed by atoms with Crippen LogP contribution in [-0.2, 0) is 24.0 Å². The van der Waals surface area contributed by atoms with E-state index in [4.69, 9.17) is 22.1 Å². The number of urea groups is 1. The van der Waals surface area contributed by atoms with E-state index < -0.39 is 17.8 Å². The van der Waals surface area contributed by atoms with E-state index in [1.54, 1.807) is 11.8 Å². The first-order valence-corrected chi connectivity index (χ1v) is 11.4. The van der Waals surface area contributed by atoms with Gasteiger partial charge in [-0.2, -0.15) is 13.2 Å². The molecule has 0 spiro atoms. The molecular weight excluding hydrogens is 473 g/mol. The van der Waals surface area contributed by atoms with Crippen LogP contribution in [0, 0.1) is 11.8 Å². The topological polar surface area (TPSA) is 96.6 Å². The molecule has 0 bridgehead atoms. The third-order valence-corrected chi connectivity index (χ3v) is 6.86. The molecule has 3 N–H and O–H groups in total. The van der Waals surface area contributed by atoms with Crippen LogP contribution >= 0.6 is 11.6 Å². The van der Waals surface area contributed by atoms with Gasteiger partial charge in [-0.3, -0.25) is 0 Å². The van der Waals surface area contributed by atoms with E-state index >= 15 is 0 Å². The Morgan fingerprint density at radius 3 is 2.56 bits per heavy atom. The summed E-state index contributed by atoms with van der Waals surface area (Å²) in [6, 6.07) is 2.81. The Bertz CT molecular complexity index is 1120. The molecule has 0 aliphatic carbocycles. The highest BCUT2D eigenvalue weighted by atomic mass is 35.5. The van der Waals surface area contributed by atoms with Crippen LogP contribution in [0.15, 0.2) is 18.2 Å². The van der Waals surface area contributed by atoms with Crippen LogP contribution in [0.2, 0.25) is 5.28 Å². The van der Waals surface area contributed by atoms with Gasteiger partial charge in [0.1, 0.15) is 5.82 Å². The lowest BCUT2D eigenvalue weighted by molar-refractivity contribution is -0.137. The molecule has 8 nitrogen and oxygen atoms in total. The Labute approximate surface area is 199 Å². The molecule has 34 heavy (non-hydrogen) atoms. The molecule has 1 aromatic heterocycles. The number of benzene rings is 1. The normalized spacial score (nSPS) is 22.6. The fourth-order valence-electron chi connectivity index (χ4n) is 4.90. The first kappa shape index (κ1) is 23.0. The van der Waals surface area contributed by atoms with E-state index in [1.165, 1.54) is 6.07 Å². The Morgan fingerprint density at radius 2 is 1.88 bits per heavy atom. The van der Waals surface area contributed by atoms with Crippen LogP contribution in [-0.4, -0.2) is 52.1 Å². The minimum Gasteiger partial charge on any atom is -0.399 e. The van der Waals surface area contributed by atoms with Crippen molar-refractivity contribution < 1.29 is 22.7 Å². The van der Waals surface area contributed by atoms with Crippen molar-refractivity contribution in [2.75, 3.05) is 37.4 Å². The minimum absolute atomic E-state index is 0.000779. The summed E-state index contributed by atoms with van der Waals surface area (Å²) in [6.45, 7) is 4.99. The van der Waals surface area contributed by atoms with Crippen LogP contribution in [0.5, 0.6) is 0 Å². The summed E-state index contributed by atoms with van der Waals surface area (Å²) in [5.41, 5.74) is 6.59. The smallest absolute Gasteiger partial charge is 0.399 e. The van der Waals surface area contributed by atoms with E-state index in [-0.39, 0.29) is 30.1 Å². The maximum absolute atomic E-state index is 13.2. The Kier molecular flexibility index (Phi) is 5.71. The van der Waals surface area contributed by atoms with Crippen LogP contribution < -0.4 is 11.1 Å². The van der Waals surface area contributed by atoms with Crippen molar-refractivity contribution in [1.29, 1.82) is 0 Å². The van der Waals surface area contributed by atoms with Gasteiger partial charge in [0.05, 0.1) is 43.6 Å². The molecule has 3 atom stereocenters. The van der Waals surface area contributed by atoms with Gasteiger partial charge in [0.25, 0.3) is 0 Å². The second-order valence-electron chi connectivity index (χ2n) is 9.12. The highest BCUT2D eigenvalue weighted by Gasteiger charge is 2.41. The quantitative estimate of drug-likeness (QED) is 0.494. The maximum Gasteiger partial charge on any atom is 0.416 e. The predicted molar refractivity (Wildman–Crippen MR) is 119 cm³/mol. The summed E-state index contributed by atoms with van der Waals surface area (Å²) < 4.78 is 45.2. The molecule has 2 aromatic rings. The first-order chi connectivity index (χ1) is 16.1. The van der Waals surface area contributed by atoms with Gasteiger partial charge in [0.2, 0.25) is 5.28 Å². The van der Waals surface area contributed by atoms with Crippen molar-refractivity contribution in [3.63, 3.8) is 0 Å². The number of likely N-dealkylation sites (tertiary alicyclic amines) is 1. The number of hydrogen-bond donors (Lipinski definition) is 2. The van der Waals surface area contributed by atoms with Gasteiger partial charge in [-0.25, -0.2) is 14.8 Å². The third-order valence-electron chi connectivity index (χ3n) is 6.69. The maximum atomic E-state index is 13.2. The van der Waals surface area contributed by atoms with Crippen LogP contribution in [0.25, 0.3) is 0 Å². The van der Waals surface area contributed by atoms with Crippen LogP contribution in [0.3, 0.4) is 0 Å². The third kappa shape index (κ3) is 4.34. The number of rotatable bonds is 3. The Hall–Kier alpha value is -2.79. The summed E-state index contributed by atoms with van der Waals surface area (Å²) in [5.74, 6) is 1.14. The SMILES string of the molecule is C[C@@H](Nc1nc(Cl)nc2c1CN(C(=O)N1C[C@H]3COC[C@H]3C1)C2)c1cc(N)cc(C(F)(F)F)c1. The molecule has 1 aromatic carbocycles. The summed E-state index contributed by atoms with van der Waals surface area (Å²) >= 11 is 6.13. The number of aromatic nitrogens is 2. The first-order valence-electron chi connectivity index (χ1n) is 11.0. The van der Waals surface area contributed by atoms with E-state index in [9.17, 15) is 18.0 Å². The van der Waals surface area contributed by atoms with Gasteiger partial charge in [0.15, 0.2) is 0 Å². The van der Waals surface area contributed by atoms with Gasteiger partial charge >= 0.3 is 12.2 Å². The van der Waals surface area contributed by atoms with Crippen molar-refractivity contribution in [1.82, 2.24) is 19.8 Å². The molecular formula is C22H24ClF3N6O2. The van der Waals surface area contributed by atoms with E-state index in [0.29, 0.717) is 60.8 Å². The van der Waals surface area contributed by atoms with Crippen molar-refractivity contribution >= 4 is 29.1 Å². The number of nitrogens with zero attached hydrogens (tertiary/aromatic N) is 4. The monoisotopic (exact) mass is 496 g/mol. The average Bonchev–Trinajstić information content (AvgIpc) is 3.46. The van der Waals surface area contributed by atoms with Gasteiger partial charge in [-0.05, 0) is 42.3 Å². The fourth-order valence-corrected chi connectivity index (χ4v) is 5.09. The number of nitrogen functional groups attached to an aromatic ring is 1. The van der Waals surface area contributed by atoms with Crippen LogP contribution in [0.4, 0.5) is 29.5 Å². The molecule has 3 aliphatic heterocycles. The second kappa shape index (κ2) is 8.46. The predicted octanol–water partition coefficient (Wildman–Crippen LogP) is 3.92. The molecule has 0 radical (unpaired) electrons. The summed E-state index contributed by atoms with van der Waals surface area (Å²) in [5, 5.41) is 3.14. The number of halogens is 4. The molecule has 4 heterocycles. The Morgan fingerprint density at radius 1 is 1.18 bits per heavy atom. The van der Waals surface area contributed by atoms with Gasteiger partial charge in [-0.1, -0.05) is 0 Å². The highest BCUT2D eigenvalue weighted by molar-refractivity contribution is 6.28. The lowest BCUT2D eigenvalue weighted by Crippen LogP contribution is -2.40. The molecule has 12 heteroatoms. The van der Waals surface area contributed by atoms with E-state index in [1.807, 2.05) is 4.90 Å². The highest BCUT2D eigenvalue weighted by Crippen LogP contribution is 2.36. The summed E-state index contributed by atoms with van der Waals surface area (Å²) in [6.07, 6.45) is -4.51. The fraction of sp³-hybridized carbons (Fsp3) is 0.500. The Balaban J connectivity index is 1.34. The zero-order chi connectivity index (χ0) is 24.2. The average molecular weight is 497 g/mol. The number of nitrogens with two attached hydrogens (primary N) is 1. The molecule has 182 valence electrons. The minimum atomic E-state index is -4.51. The number of anilines is 2. The van der Waals surface area contributed by atoms with E-state index in [2.05, 4.69) is 15.3 Å². The molecule has 5 rings (SSSR count). The summed E-state index contributed by atoms with van der Waals surface area (Å²) in [4.78, 5) is 25.2. The lowest BCUT2D eigenvalue weighted by atomic mass is 10.0. The molecule has 0 unspecified atom stereocenters. The molecule has 0 saturated carbocycles. The van der Waals surface area contributed by atoms with Crippen molar-refractivity contribution in [3.05, 3.63) is 45.9 Å². The van der Waals surface area contributed by atoms with Gasteiger partial charge in [0, 0.05) is 36.2 Å². The number of hydrogen-bond acceptors (Lipinski definition) is 6.